The van der Waals surface area contributed by atoms with Crippen molar-refractivity contribution >= 4 is 0 Å². The zero-order chi connectivity index (χ0) is 10.9. The molecule has 0 fully saturated rings. The number of rotatable bonds is 2. The third-order valence-corrected chi connectivity index (χ3v) is 2.94. The van der Waals surface area contributed by atoms with E-state index < -0.39 is 5.60 Å². The summed E-state index contributed by atoms with van der Waals surface area (Å²) in [7, 11) is 0. The summed E-state index contributed by atoms with van der Waals surface area (Å²) >= 11 is 0. The summed E-state index contributed by atoms with van der Waals surface area (Å²) in [6, 6.07) is 7.47. The quantitative estimate of drug-likeness (QED) is 0.580. The number of benzene rings is 1. The lowest BCUT2D eigenvalue weighted by molar-refractivity contribution is -0.510. The summed E-state index contributed by atoms with van der Waals surface area (Å²) in [5.74, 6) is 0. The maximum Gasteiger partial charge on any atom is 0.122 e. The van der Waals surface area contributed by atoms with Crippen LogP contribution >= 0.6 is 0 Å². The Balaban J connectivity index is 2.39. The number of hydrogen-bond acceptors (Lipinski definition) is 4. The van der Waals surface area contributed by atoms with Crippen LogP contribution in [0.5, 0.6) is 0 Å². The Labute approximate surface area is 87.9 Å². The first-order chi connectivity index (χ1) is 7.15. The molecule has 0 aliphatic heterocycles. The zero-order valence-electron chi connectivity index (χ0n) is 8.51. The van der Waals surface area contributed by atoms with Crippen molar-refractivity contribution in [1.29, 1.82) is 0 Å². The first-order valence-corrected chi connectivity index (χ1v) is 4.94. The lowest BCUT2D eigenvalue weighted by Gasteiger charge is -2.34. The fourth-order valence-corrected chi connectivity index (χ4v) is 2.12. The number of fused-ring (bicyclic) bond motifs is 1. The Morgan fingerprint density at radius 3 is 2.87 bits per heavy atom. The highest BCUT2D eigenvalue weighted by atomic mass is 17.5. The van der Waals surface area contributed by atoms with Crippen LogP contribution in [0, 0.1) is 0 Å². The van der Waals surface area contributed by atoms with E-state index in [-0.39, 0.29) is 6.10 Å². The van der Waals surface area contributed by atoms with Crippen LogP contribution in [0.1, 0.15) is 37.0 Å². The van der Waals surface area contributed by atoms with Crippen molar-refractivity contribution in [2.75, 3.05) is 0 Å². The van der Waals surface area contributed by atoms with Crippen molar-refractivity contribution in [2.45, 2.75) is 31.5 Å². The standard InChI is InChI=1S/C11H14O4/c1-11(12)7-6-10(14-15-13)8-4-2-3-5-9(8)11/h2-5,10,12-13H,6-7H2,1H3. The molecule has 0 aromatic heterocycles. The second-order valence-electron chi connectivity index (χ2n) is 4.06. The topological polar surface area (TPSA) is 58.9 Å². The lowest BCUT2D eigenvalue weighted by atomic mass is 9.79. The number of aliphatic hydroxyl groups is 1. The molecule has 1 aliphatic rings. The van der Waals surface area contributed by atoms with Crippen molar-refractivity contribution in [1.82, 2.24) is 0 Å². The predicted molar refractivity (Wildman–Crippen MR) is 52.8 cm³/mol. The van der Waals surface area contributed by atoms with Crippen LogP contribution < -0.4 is 0 Å². The van der Waals surface area contributed by atoms with Gasteiger partial charge in [0.15, 0.2) is 0 Å². The molecule has 2 rings (SSSR count). The molecule has 0 spiro atoms. The monoisotopic (exact) mass is 210 g/mol. The summed E-state index contributed by atoms with van der Waals surface area (Å²) in [6.07, 6.45) is 0.884. The molecule has 2 N–H and O–H groups in total. The second kappa shape index (κ2) is 3.90. The van der Waals surface area contributed by atoms with Crippen molar-refractivity contribution < 1.29 is 20.3 Å². The second-order valence-corrected chi connectivity index (χ2v) is 4.06. The van der Waals surface area contributed by atoms with Crippen LogP contribution in [0.4, 0.5) is 0 Å². The molecule has 0 amide bonds. The van der Waals surface area contributed by atoms with Crippen LogP contribution in [0.15, 0.2) is 24.3 Å². The van der Waals surface area contributed by atoms with Crippen molar-refractivity contribution in [3.05, 3.63) is 35.4 Å². The van der Waals surface area contributed by atoms with Crippen LogP contribution in [0.25, 0.3) is 0 Å². The van der Waals surface area contributed by atoms with E-state index in [1.54, 1.807) is 6.92 Å². The molecular formula is C11H14O4. The minimum Gasteiger partial charge on any atom is -0.385 e. The van der Waals surface area contributed by atoms with Crippen LogP contribution in [0.2, 0.25) is 0 Å². The highest BCUT2D eigenvalue weighted by molar-refractivity contribution is 5.35. The van der Waals surface area contributed by atoms with Gasteiger partial charge in [-0.3, -0.25) is 0 Å². The molecule has 1 aliphatic carbocycles. The van der Waals surface area contributed by atoms with Gasteiger partial charge >= 0.3 is 0 Å². The molecule has 15 heavy (non-hydrogen) atoms. The molecule has 0 saturated heterocycles. The van der Waals surface area contributed by atoms with Gasteiger partial charge in [-0.25, -0.2) is 5.26 Å². The van der Waals surface area contributed by atoms with Gasteiger partial charge in [0.1, 0.15) is 6.10 Å². The van der Waals surface area contributed by atoms with Crippen molar-refractivity contribution in [2.24, 2.45) is 0 Å². The Kier molecular flexibility index (Phi) is 2.75. The van der Waals surface area contributed by atoms with Gasteiger partial charge in [-0.1, -0.05) is 29.3 Å². The van der Waals surface area contributed by atoms with Gasteiger partial charge < -0.3 is 5.11 Å². The first kappa shape index (κ1) is 10.6. The summed E-state index contributed by atoms with van der Waals surface area (Å²) in [5.41, 5.74) is 0.868. The number of hydrogen-bond donors (Lipinski definition) is 2. The van der Waals surface area contributed by atoms with Gasteiger partial charge in [-0.05, 0) is 30.9 Å². The normalized spacial score (nSPS) is 29.9. The zero-order valence-corrected chi connectivity index (χ0v) is 8.51. The van der Waals surface area contributed by atoms with Gasteiger partial charge in [0.05, 0.1) is 5.60 Å². The summed E-state index contributed by atoms with van der Waals surface area (Å²) in [4.78, 5) is 4.75. The van der Waals surface area contributed by atoms with E-state index in [0.717, 1.165) is 11.1 Å². The minimum absolute atomic E-state index is 0.313. The van der Waals surface area contributed by atoms with Gasteiger partial charge in [0, 0.05) is 0 Å². The van der Waals surface area contributed by atoms with Crippen LogP contribution in [0.3, 0.4) is 0 Å². The molecule has 82 valence electrons. The van der Waals surface area contributed by atoms with E-state index >= 15 is 0 Å². The molecule has 0 bridgehead atoms. The smallest absolute Gasteiger partial charge is 0.122 e. The molecule has 1 aromatic carbocycles. The first-order valence-electron chi connectivity index (χ1n) is 4.94. The Bertz CT molecular complexity index is 348. The molecule has 0 heterocycles. The predicted octanol–water partition coefficient (Wildman–Crippen LogP) is 2.15. The third kappa shape index (κ3) is 1.89. The molecule has 1 aromatic rings. The fourth-order valence-electron chi connectivity index (χ4n) is 2.12. The Morgan fingerprint density at radius 2 is 2.13 bits per heavy atom. The van der Waals surface area contributed by atoms with E-state index in [0.29, 0.717) is 12.8 Å². The molecule has 0 saturated carbocycles. The summed E-state index contributed by atoms with van der Waals surface area (Å²) < 4.78 is 0. The third-order valence-electron chi connectivity index (χ3n) is 2.94. The average molecular weight is 210 g/mol. The summed E-state index contributed by atoms with van der Waals surface area (Å²) in [6.45, 7) is 1.78. The van der Waals surface area contributed by atoms with E-state index in [4.69, 9.17) is 10.1 Å². The highest BCUT2D eigenvalue weighted by Crippen LogP contribution is 2.41. The SMILES string of the molecule is CC1(O)CCC(OOO)c2ccccc21. The van der Waals surface area contributed by atoms with E-state index in [2.05, 4.69) is 5.04 Å². The van der Waals surface area contributed by atoms with Gasteiger partial charge in [-0.15, -0.1) is 0 Å². The minimum atomic E-state index is -0.827. The maximum absolute atomic E-state index is 10.2. The van der Waals surface area contributed by atoms with Crippen molar-refractivity contribution in [3.8, 4) is 0 Å². The molecule has 4 nitrogen and oxygen atoms in total. The Morgan fingerprint density at radius 1 is 1.40 bits per heavy atom. The Hall–Kier alpha value is -0.940. The van der Waals surface area contributed by atoms with E-state index in [1.165, 1.54) is 0 Å². The van der Waals surface area contributed by atoms with Gasteiger partial charge in [0.25, 0.3) is 0 Å². The fraction of sp³-hybridized carbons (Fsp3) is 0.455. The average Bonchev–Trinajstić information content (AvgIpc) is 2.23. The van der Waals surface area contributed by atoms with Gasteiger partial charge in [0.2, 0.25) is 0 Å². The lowest BCUT2D eigenvalue weighted by Crippen LogP contribution is -2.29. The van der Waals surface area contributed by atoms with E-state index in [9.17, 15) is 5.11 Å². The van der Waals surface area contributed by atoms with Crippen molar-refractivity contribution in [3.63, 3.8) is 0 Å². The summed E-state index contributed by atoms with van der Waals surface area (Å²) in [5, 5.41) is 22.2. The molecule has 2 unspecified atom stereocenters. The highest BCUT2D eigenvalue weighted by Gasteiger charge is 2.35. The van der Waals surface area contributed by atoms with Gasteiger partial charge in [-0.2, -0.15) is 4.89 Å². The molecule has 0 radical (unpaired) electrons. The largest absolute Gasteiger partial charge is 0.385 e. The van der Waals surface area contributed by atoms with Crippen LogP contribution in [-0.4, -0.2) is 10.4 Å². The molecular weight excluding hydrogens is 196 g/mol. The maximum atomic E-state index is 10.2. The van der Waals surface area contributed by atoms with E-state index in [1.807, 2.05) is 24.3 Å². The molecule has 4 heteroatoms. The van der Waals surface area contributed by atoms with Crippen LogP contribution in [-0.2, 0) is 15.5 Å². The molecule has 2 atom stereocenters.